The first-order valence-corrected chi connectivity index (χ1v) is 7.66. The predicted octanol–water partition coefficient (Wildman–Crippen LogP) is 3.11. The van der Waals surface area contributed by atoms with Gasteiger partial charge in [0.2, 0.25) is 0 Å². The van der Waals surface area contributed by atoms with E-state index in [0.29, 0.717) is 19.2 Å². The van der Waals surface area contributed by atoms with Crippen molar-refractivity contribution in [3.8, 4) is 0 Å². The highest BCUT2D eigenvalue weighted by Crippen LogP contribution is 2.06. The Bertz CT molecular complexity index is 163. The fraction of sp³-hybridized carbons (Fsp3) is 1.00. The van der Waals surface area contributed by atoms with Crippen molar-refractivity contribution < 1.29 is 9.84 Å². The maximum absolute atomic E-state index is 9.61. The van der Waals surface area contributed by atoms with Crippen LogP contribution < -0.4 is 5.32 Å². The summed E-state index contributed by atoms with van der Waals surface area (Å²) in [5, 5.41) is 12.8. The average Bonchev–Trinajstić information content (AvgIpc) is 2.34. The van der Waals surface area contributed by atoms with Crippen LogP contribution in [-0.2, 0) is 4.74 Å². The van der Waals surface area contributed by atoms with E-state index in [9.17, 15) is 5.11 Å². The van der Waals surface area contributed by atoms with Gasteiger partial charge >= 0.3 is 0 Å². The van der Waals surface area contributed by atoms with Gasteiger partial charge in [-0.2, -0.15) is 0 Å². The van der Waals surface area contributed by atoms with Crippen molar-refractivity contribution in [2.24, 2.45) is 0 Å². The van der Waals surface area contributed by atoms with E-state index >= 15 is 0 Å². The van der Waals surface area contributed by atoms with Crippen LogP contribution in [0.5, 0.6) is 0 Å². The lowest BCUT2D eigenvalue weighted by atomic mass is 10.1. The first-order valence-electron chi connectivity index (χ1n) is 7.66. The fourth-order valence-corrected chi connectivity index (χ4v) is 1.81. The first kappa shape index (κ1) is 17.9. The molecule has 2 N–H and O–H groups in total. The number of hydrogen-bond donors (Lipinski definition) is 2. The van der Waals surface area contributed by atoms with Gasteiger partial charge in [0.05, 0.1) is 12.7 Å². The molecular weight excluding hydrogens is 226 g/mol. The van der Waals surface area contributed by atoms with Crippen molar-refractivity contribution in [2.75, 3.05) is 19.8 Å². The van der Waals surface area contributed by atoms with Crippen LogP contribution in [0.2, 0.25) is 0 Å². The molecule has 0 aromatic carbocycles. The lowest BCUT2D eigenvalue weighted by Crippen LogP contribution is -2.34. The third-order valence-electron chi connectivity index (χ3n) is 2.96. The van der Waals surface area contributed by atoms with Crippen LogP contribution in [0.25, 0.3) is 0 Å². The highest BCUT2D eigenvalue weighted by molar-refractivity contribution is 4.60. The molecule has 0 radical (unpaired) electrons. The molecule has 3 nitrogen and oxygen atoms in total. The summed E-state index contributed by atoms with van der Waals surface area (Å²) in [5.41, 5.74) is 0. The largest absolute Gasteiger partial charge is 0.389 e. The topological polar surface area (TPSA) is 41.5 Å². The van der Waals surface area contributed by atoms with Crippen molar-refractivity contribution in [3.05, 3.63) is 0 Å². The number of nitrogens with one attached hydrogen (secondary N) is 1. The van der Waals surface area contributed by atoms with Crippen LogP contribution in [0.1, 0.15) is 65.7 Å². The van der Waals surface area contributed by atoms with Crippen LogP contribution >= 0.6 is 0 Å². The second-order valence-corrected chi connectivity index (χ2v) is 5.41. The minimum Gasteiger partial charge on any atom is -0.389 e. The summed E-state index contributed by atoms with van der Waals surface area (Å²) in [7, 11) is 0. The molecule has 0 spiro atoms. The van der Waals surface area contributed by atoms with E-state index in [2.05, 4.69) is 26.1 Å². The second kappa shape index (κ2) is 13.3. The number of aliphatic hydroxyl groups is 1. The van der Waals surface area contributed by atoms with Gasteiger partial charge in [-0.05, 0) is 6.42 Å². The molecule has 18 heavy (non-hydrogen) atoms. The normalized spacial score (nSPS) is 13.2. The lowest BCUT2D eigenvalue weighted by molar-refractivity contribution is 0.0346. The van der Waals surface area contributed by atoms with Crippen LogP contribution in [0.4, 0.5) is 0 Å². The van der Waals surface area contributed by atoms with Crippen LogP contribution in [0, 0.1) is 0 Å². The number of aliphatic hydroxyl groups excluding tert-OH is 1. The summed E-state index contributed by atoms with van der Waals surface area (Å²) in [6.07, 6.45) is 8.72. The Morgan fingerprint density at radius 3 is 2.22 bits per heavy atom. The molecule has 0 saturated carbocycles. The minimum atomic E-state index is -0.378. The van der Waals surface area contributed by atoms with Gasteiger partial charge < -0.3 is 15.2 Å². The number of hydrogen-bond acceptors (Lipinski definition) is 3. The van der Waals surface area contributed by atoms with E-state index in [4.69, 9.17) is 4.74 Å². The van der Waals surface area contributed by atoms with Crippen LogP contribution in [0.3, 0.4) is 0 Å². The standard InChI is InChI=1S/C15H33NO2/c1-4-5-6-7-8-9-10-11-18-13-15(17)12-16-14(2)3/h14-17H,4-13H2,1-3H3. The molecule has 1 unspecified atom stereocenters. The summed E-state index contributed by atoms with van der Waals surface area (Å²) in [4.78, 5) is 0. The molecule has 0 aromatic rings. The molecule has 0 aliphatic heterocycles. The molecule has 1 atom stereocenters. The highest BCUT2D eigenvalue weighted by Gasteiger charge is 2.04. The Labute approximate surface area is 113 Å². The summed E-state index contributed by atoms with van der Waals surface area (Å²) in [5.74, 6) is 0. The van der Waals surface area contributed by atoms with Gasteiger partial charge in [-0.1, -0.05) is 59.3 Å². The van der Waals surface area contributed by atoms with E-state index < -0.39 is 0 Å². The number of unbranched alkanes of at least 4 members (excludes halogenated alkanes) is 6. The molecule has 0 fully saturated rings. The average molecular weight is 259 g/mol. The van der Waals surface area contributed by atoms with Gasteiger partial charge in [0.25, 0.3) is 0 Å². The van der Waals surface area contributed by atoms with E-state index in [-0.39, 0.29) is 6.10 Å². The van der Waals surface area contributed by atoms with E-state index in [1.165, 1.54) is 38.5 Å². The molecule has 0 rings (SSSR count). The molecule has 0 aliphatic carbocycles. The molecule has 3 heteroatoms. The van der Waals surface area contributed by atoms with E-state index in [1.807, 2.05) is 0 Å². The Balaban J connectivity index is 3.10. The van der Waals surface area contributed by atoms with Crippen molar-refractivity contribution in [2.45, 2.75) is 77.9 Å². The number of ether oxygens (including phenoxy) is 1. The predicted molar refractivity (Wildman–Crippen MR) is 78.0 cm³/mol. The van der Waals surface area contributed by atoms with Gasteiger partial charge in [0.1, 0.15) is 0 Å². The smallest absolute Gasteiger partial charge is 0.0897 e. The Kier molecular flexibility index (Phi) is 13.2. The van der Waals surface area contributed by atoms with Gasteiger partial charge in [-0.3, -0.25) is 0 Å². The molecule has 0 bridgehead atoms. The maximum Gasteiger partial charge on any atom is 0.0897 e. The third kappa shape index (κ3) is 13.9. The van der Waals surface area contributed by atoms with Gasteiger partial charge in [0, 0.05) is 19.2 Å². The Morgan fingerprint density at radius 2 is 1.61 bits per heavy atom. The molecule has 0 aromatic heterocycles. The highest BCUT2D eigenvalue weighted by atomic mass is 16.5. The van der Waals surface area contributed by atoms with Gasteiger partial charge in [-0.25, -0.2) is 0 Å². The Morgan fingerprint density at radius 1 is 1.00 bits per heavy atom. The quantitative estimate of drug-likeness (QED) is 0.499. The first-order chi connectivity index (χ1) is 8.66. The third-order valence-corrected chi connectivity index (χ3v) is 2.96. The van der Waals surface area contributed by atoms with Crippen molar-refractivity contribution in [1.82, 2.24) is 5.32 Å². The van der Waals surface area contributed by atoms with Crippen molar-refractivity contribution in [1.29, 1.82) is 0 Å². The van der Waals surface area contributed by atoms with E-state index in [1.54, 1.807) is 0 Å². The second-order valence-electron chi connectivity index (χ2n) is 5.41. The maximum atomic E-state index is 9.61. The number of rotatable bonds is 13. The van der Waals surface area contributed by atoms with Gasteiger partial charge in [-0.15, -0.1) is 0 Å². The zero-order valence-corrected chi connectivity index (χ0v) is 12.6. The SMILES string of the molecule is CCCCCCCCCOCC(O)CNC(C)C. The van der Waals surface area contributed by atoms with E-state index in [0.717, 1.165) is 13.0 Å². The van der Waals surface area contributed by atoms with Crippen molar-refractivity contribution in [3.63, 3.8) is 0 Å². The van der Waals surface area contributed by atoms with Gasteiger partial charge in [0.15, 0.2) is 0 Å². The fourth-order valence-electron chi connectivity index (χ4n) is 1.81. The minimum absolute atomic E-state index is 0.378. The monoisotopic (exact) mass is 259 g/mol. The molecule has 0 saturated heterocycles. The van der Waals surface area contributed by atoms with Crippen molar-refractivity contribution >= 4 is 0 Å². The molecule has 0 amide bonds. The summed E-state index contributed by atoms with van der Waals surface area (Å²) in [6.45, 7) is 8.25. The summed E-state index contributed by atoms with van der Waals surface area (Å²) >= 11 is 0. The summed E-state index contributed by atoms with van der Waals surface area (Å²) in [6, 6.07) is 0.419. The van der Waals surface area contributed by atoms with Crippen LogP contribution in [-0.4, -0.2) is 37.0 Å². The molecule has 110 valence electrons. The van der Waals surface area contributed by atoms with Crippen LogP contribution in [0.15, 0.2) is 0 Å². The zero-order chi connectivity index (χ0) is 13.6. The summed E-state index contributed by atoms with van der Waals surface area (Å²) < 4.78 is 5.47. The molecule has 0 aliphatic rings. The Hall–Kier alpha value is -0.120. The lowest BCUT2D eigenvalue weighted by Gasteiger charge is -2.14. The molecule has 0 heterocycles. The zero-order valence-electron chi connectivity index (χ0n) is 12.6. The molecular formula is C15H33NO2.